The van der Waals surface area contributed by atoms with E-state index in [2.05, 4.69) is 15.6 Å². The van der Waals surface area contributed by atoms with E-state index in [1.165, 1.54) is 12.3 Å². The molecule has 2 rings (SSSR count). The van der Waals surface area contributed by atoms with Crippen molar-refractivity contribution in [1.29, 1.82) is 0 Å². The van der Waals surface area contributed by atoms with Gasteiger partial charge in [-0.15, -0.1) is 0 Å². The van der Waals surface area contributed by atoms with Crippen LogP contribution in [0, 0.1) is 5.82 Å². The first-order valence-corrected chi connectivity index (χ1v) is 10.5. The van der Waals surface area contributed by atoms with Crippen LogP contribution in [0.25, 0.3) is 0 Å². The SMILES string of the molecule is CC(C)NC(=O)c1cccnc1CC(=O)[C@@H](Cc1ccccc1F)NC(=O)OC(C)(C)C. The summed E-state index contributed by atoms with van der Waals surface area (Å²) in [5.41, 5.74) is 0.0658. The number of pyridine rings is 1. The Morgan fingerprint density at radius 2 is 1.75 bits per heavy atom. The Hall–Kier alpha value is -3.29. The minimum absolute atomic E-state index is 0.0644. The van der Waals surface area contributed by atoms with Gasteiger partial charge in [0.2, 0.25) is 0 Å². The first-order chi connectivity index (χ1) is 15.0. The Kier molecular flexibility index (Phi) is 8.46. The maximum Gasteiger partial charge on any atom is 0.408 e. The molecule has 1 atom stereocenters. The van der Waals surface area contributed by atoms with E-state index in [0.717, 1.165) is 0 Å². The fourth-order valence-corrected chi connectivity index (χ4v) is 2.99. The first-order valence-electron chi connectivity index (χ1n) is 10.5. The molecular weight excluding hydrogens is 413 g/mol. The van der Waals surface area contributed by atoms with Gasteiger partial charge in [-0.3, -0.25) is 14.6 Å². The zero-order chi connectivity index (χ0) is 23.9. The van der Waals surface area contributed by atoms with Crippen molar-refractivity contribution in [2.24, 2.45) is 0 Å². The van der Waals surface area contributed by atoms with Gasteiger partial charge >= 0.3 is 6.09 Å². The van der Waals surface area contributed by atoms with Crippen molar-refractivity contribution < 1.29 is 23.5 Å². The van der Waals surface area contributed by atoms with Gasteiger partial charge in [-0.1, -0.05) is 18.2 Å². The number of Topliss-reactive ketones (excluding diaryl/α,β-unsaturated/α-hetero) is 1. The molecule has 0 saturated heterocycles. The van der Waals surface area contributed by atoms with E-state index < -0.39 is 29.3 Å². The molecule has 7 nitrogen and oxygen atoms in total. The fraction of sp³-hybridized carbons (Fsp3) is 0.417. The van der Waals surface area contributed by atoms with Crippen LogP contribution in [0.1, 0.15) is 56.2 Å². The lowest BCUT2D eigenvalue weighted by Gasteiger charge is -2.23. The molecule has 32 heavy (non-hydrogen) atoms. The van der Waals surface area contributed by atoms with Crippen molar-refractivity contribution in [2.75, 3.05) is 0 Å². The average molecular weight is 444 g/mol. The van der Waals surface area contributed by atoms with Crippen molar-refractivity contribution in [1.82, 2.24) is 15.6 Å². The molecule has 0 radical (unpaired) electrons. The average Bonchev–Trinajstić information content (AvgIpc) is 2.67. The summed E-state index contributed by atoms with van der Waals surface area (Å²) in [4.78, 5) is 42.2. The van der Waals surface area contributed by atoms with E-state index >= 15 is 0 Å². The molecular formula is C24H30FN3O4. The molecule has 2 amide bonds. The number of aromatic nitrogens is 1. The van der Waals surface area contributed by atoms with Crippen LogP contribution in [0.4, 0.5) is 9.18 Å². The predicted molar refractivity (Wildman–Crippen MR) is 119 cm³/mol. The number of hydrogen-bond donors (Lipinski definition) is 2. The highest BCUT2D eigenvalue weighted by Gasteiger charge is 2.27. The van der Waals surface area contributed by atoms with Gasteiger partial charge in [-0.25, -0.2) is 9.18 Å². The smallest absolute Gasteiger partial charge is 0.408 e. The number of carbonyl (C=O) groups is 3. The summed E-state index contributed by atoms with van der Waals surface area (Å²) < 4.78 is 19.5. The molecule has 2 aromatic rings. The molecule has 172 valence electrons. The zero-order valence-corrected chi connectivity index (χ0v) is 19.1. The number of halogens is 1. The molecule has 0 unspecified atom stereocenters. The van der Waals surface area contributed by atoms with Gasteiger partial charge < -0.3 is 15.4 Å². The molecule has 0 saturated carbocycles. The molecule has 0 aliphatic heterocycles. The van der Waals surface area contributed by atoms with Crippen LogP contribution < -0.4 is 10.6 Å². The van der Waals surface area contributed by atoms with Gasteiger partial charge in [0, 0.05) is 18.7 Å². The number of nitrogens with one attached hydrogen (secondary N) is 2. The molecule has 0 aliphatic rings. The third-order valence-electron chi connectivity index (χ3n) is 4.36. The predicted octanol–water partition coefficient (Wildman–Crippen LogP) is 3.61. The van der Waals surface area contributed by atoms with E-state index in [1.807, 2.05) is 13.8 Å². The highest BCUT2D eigenvalue weighted by atomic mass is 19.1. The number of ketones is 1. The number of nitrogens with zero attached hydrogens (tertiary/aromatic N) is 1. The highest BCUT2D eigenvalue weighted by molar-refractivity contribution is 5.97. The quantitative estimate of drug-likeness (QED) is 0.650. The van der Waals surface area contributed by atoms with Gasteiger partial charge in [0.15, 0.2) is 5.78 Å². The summed E-state index contributed by atoms with van der Waals surface area (Å²) >= 11 is 0. The topological polar surface area (TPSA) is 97.4 Å². The zero-order valence-electron chi connectivity index (χ0n) is 19.1. The number of hydrogen-bond acceptors (Lipinski definition) is 5. The Balaban J connectivity index is 2.27. The molecule has 2 N–H and O–H groups in total. The number of ether oxygens (including phenoxy) is 1. The van der Waals surface area contributed by atoms with Gasteiger partial charge in [0.1, 0.15) is 11.4 Å². The summed E-state index contributed by atoms with van der Waals surface area (Å²) in [7, 11) is 0. The van der Waals surface area contributed by atoms with E-state index in [-0.39, 0.29) is 41.6 Å². The molecule has 1 aromatic heterocycles. The Morgan fingerprint density at radius 3 is 2.38 bits per heavy atom. The second kappa shape index (κ2) is 10.8. The fourth-order valence-electron chi connectivity index (χ4n) is 2.99. The molecule has 0 aliphatic carbocycles. The lowest BCUT2D eigenvalue weighted by atomic mass is 9.97. The minimum Gasteiger partial charge on any atom is -0.444 e. The number of benzene rings is 1. The summed E-state index contributed by atoms with van der Waals surface area (Å²) in [5.74, 6) is -1.25. The maximum absolute atomic E-state index is 14.2. The van der Waals surface area contributed by atoms with Crippen molar-refractivity contribution in [3.05, 3.63) is 65.2 Å². The Labute approximate surface area is 187 Å². The molecule has 0 fully saturated rings. The highest BCUT2D eigenvalue weighted by Crippen LogP contribution is 2.14. The minimum atomic E-state index is -1.07. The first kappa shape index (κ1) is 25.0. The Bertz CT molecular complexity index is 970. The Morgan fingerprint density at radius 1 is 1.06 bits per heavy atom. The molecule has 0 spiro atoms. The van der Waals surface area contributed by atoms with E-state index in [0.29, 0.717) is 0 Å². The van der Waals surface area contributed by atoms with Gasteiger partial charge in [-0.2, -0.15) is 0 Å². The summed E-state index contributed by atoms with van der Waals surface area (Å²) in [6, 6.07) is 8.08. The third kappa shape index (κ3) is 7.76. The number of amides is 2. The molecule has 0 bridgehead atoms. The van der Waals surface area contributed by atoms with Crippen LogP contribution >= 0.6 is 0 Å². The number of carbonyl (C=O) groups excluding carboxylic acids is 3. The summed E-state index contributed by atoms with van der Waals surface area (Å²) in [6.07, 6.45) is 0.426. The van der Waals surface area contributed by atoms with Crippen LogP contribution in [-0.2, 0) is 22.4 Å². The van der Waals surface area contributed by atoms with E-state index in [1.54, 1.807) is 51.1 Å². The van der Waals surface area contributed by atoms with Crippen molar-refractivity contribution in [3.8, 4) is 0 Å². The van der Waals surface area contributed by atoms with Gasteiger partial charge in [0.05, 0.1) is 23.7 Å². The van der Waals surface area contributed by atoms with Crippen molar-refractivity contribution in [2.45, 2.75) is 65.1 Å². The largest absolute Gasteiger partial charge is 0.444 e. The van der Waals surface area contributed by atoms with Crippen LogP contribution in [0.3, 0.4) is 0 Å². The van der Waals surface area contributed by atoms with Crippen molar-refractivity contribution >= 4 is 17.8 Å². The normalized spacial score (nSPS) is 12.2. The van der Waals surface area contributed by atoms with Crippen LogP contribution in [-0.4, -0.2) is 40.5 Å². The molecule has 1 aromatic carbocycles. The standard InChI is InChI=1S/C24H30FN3O4/c1-15(2)27-22(30)17-10-8-12-26-19(17)14-21(29)20(28-23(31)32-24(3,4)5)13-16-9-6-7-11-18(16)25/h6-12,15,20H,13-14H2,1-5H3,(H,27,30)(H,28,31)/t20-/m1/s1. The van der Waals surface area contributed by atoms with Crippen molar-refractivity contribution in [3.63, 3.8) is 0 Å². The molecule has 1 heterocycles. The maximum atomic E-state index is 14.2. The second-order valence-electron chi connectivity index (χ2n) is 8.76. The monoisotopic (exact) mass is 443 g/mol. The van der Waals surface area contributed by atoms with Crippen LogP contribution in [0.2, 0.25) is 0 Å². The molecule has 8 heteroatoms. The van der Waals surface area contributed by atoms with Crippen LogP contribution in [0.5, 0.6) is 0 Å². The number of rotatable bonds is 8. The number of alkyl carbamates (subject to hydrolysis) is 1. The lowest BCUT2D eigenvalue weighted by Crippen LogP contribution is -2.45. The van der Waals surface area contributed by atoms with Gasteiger partial charge in [-0.05, 0) is 58.4 Å². The third-order valence-corrected chi connectivity index (χ3v) is 4.36. The lowest BCUT2D eigenvalue weighted by molar-refractivity contribution is -0.120. The van der Waals surface area contributed by atoms with Crippen LogP contribution in [0.15, 0.2) is 42.6 Å². The van der Waals surface area contributed by atoms with E-state index in [4.69, 9.17) is 4.74 Å². The van der Waals surface area contributed by atoms with Gasteiger partial charge in [0.25, 0.3) is 5.91 Å². The van der Waals surface area contributed by atoms with E-state index in [9.17, 15) is 18.8 Å². The summed E-state index contributed by atoms with van der Waals surface area (Å²) in [5, 5.41) is 5.32. The summed E-state index contributed by atoms with van der Waals surface area (Å²) in [6.45, 7) is 8.76. The second-order valence-corrected chi connectivity index (χ2v) is 8.76.